The van der Waals surface area contributed by atoms with Crippen molar-refractivity contribution >= 4 is 5.95 Å². The summed E-state index contributed by atoms with van der Waals surface area (Å²) < 4.78 is 4.10. The third-order valence-corrected chi connectivity index (χ3v) is 9.06. The summed E-state index contributed by atoms with van der Waals surface area (Å²) in [5.74, 6) is 1.30. The van der Waals surface area contributed by atoms with E-state index < -0.39 is 0 Å². The van der Waals surface area contributed by atoms with Crippen LogP contribution in [0.15, 0.2) is 12.4 Å². The first-order valence-corrected chi connectivity index (χ1v) is 17.3. The molecular weight excluding hydrogens is 522 g/mol. The number of unbranched alkanes of at least 4 members (excludes halogenated alkanes) is 14. The Hall–Kier alpha value is -2.71. The number of H-pyrrole nitrogens is 1. The highest BCUT2D eigenvalue weighted by Gasteiger charge is 2.32. The van der Waals surface area contributed by atoms with Crippen LogP contribution in [0.4, 0.5) is 5.95 Å². The number of nitrogens with one attached hydrogen (secondary N) is 1. The number of hydrogen-bond acceptors (Lipinski definition) is 6. The third-order valence-electron chi connectivity index (χ3n) is 9.06. The molecule has 9 nitrogen and oxygen atoms in total. The lowest BCUT2D eigenvalue weighted by Crippen LogP contribution is -2.32. The number of imidazole rings is 1. The van der Waals surface area contributed by atoms with Gasteiger partial charge in [-0.15, -0.1) is 10.2 Å². The zero-order valence-corrected chi connectivity index (χ0v) is 26.6. The van der Waals surface area contributed by atoms with E-state index in [1.165, 1.54) is 108 Å². The van der Waals surface area contributed by atoms with Gasteiger partial charge in [0.25, 0.3) is 0 Å². The highest BCUT2D eigenvalue weighted by molar-refractivity contribution is 5.28. The van der Waals surface area contributed by atoms with Crippen LogP contribution in [0.25, 0.3) is 0 Å². The van der Waals surface area contributed by atoms with Crippen molar-refractivity contribution in [3.63, 3.8) is 0 Å². The van der Waals surface area contributed by atoms with Crippen LogP contribution in [0.1, 0.15) is 139 Å². The molecule has 0 fully saturated rings. The van der Waals surface area contributed by atoms with Crippen LogP contribution in [0.2, 0.25) is 0 Å². The van der Waals surface area contributed by atoms with Gasteiger partial charge in [0.05, 0.1) is 17.1 Å². The molecule has 0 radical (unpaired) electrons. The first-order valence-electron chi connectivity index (χ1n) is 17.3. The second-order valence-electron chi connectivity index (χ2n) is 12.8. The Morgan fingerprint density at radius 3 is 1.62 bits per heavy atom. The lowest BCUT2D eigenvalue weighted by Gasteiger charge is -2.30. The summed E-state index contributed by atoms with van der Waals surface area (Å²) in [5, 5.41) is 18.0. The second-order valence-corrected chi connectivity index (χ2v) is 12.8. The second kappa shape index (κ2) is 18.1. The van der Waals surface area contributed by atoms with Crippen molar-refractivity contribution < 1.29 is 0 Å². The molecule has 0 saturated carbocycles. The molecule has 3 aromatic heterocycles. The van der Waals surface area contributed by atoms with E-state index in [4.69, 9.17) is 5.73 Å². The fraction of sp³-hybridized carbons (Fsp3) is 0.788. The Morgan fingerprint density at radius 2 is 1.12 bits per heavy atom. The third kappa shape index (κ3) is 10.8. The smallest absolute Gasteiger partial charge is 0.197 e. The number of aryl methyl sites for hydroxylation is 2. The summed E-state index contributed by atoms with van der Waals surface area (Å²) in [4.78, 5) is 7.88. The number of nitrogen functional groups attached to an aromatic ring is 1. The molecule has 1 aliphatic carbocycles. The van der Waals surface area contributed by atoms with E-state index in [1.807, 2.05) is 4.68 Å². The number of rotatable bonds is 22. The summed E-state index contributed by atoms with van der Waals surface area (Å²) in [5.41, 5.74) is 10.5. The molecule has 3 aromatic rings. The summed E-state index contributed by atoms with van der Waals surface area (Å²) >= 11 is 0. The molecule has 0 aromatic carbocycles. The van der Waals surface area contributed by atoms with Crippen molar-refractivity contribution in [2.24, 2.45) is 11.8 Å². The average Bonchev–Trinajstić information content (AvgIpc) is 3.71. The van der Waals surface area contributed by atoms with E-state index in [0.29, 0.717) is 17.8 Å². The minimum absolute atomic E-state index is 0.387. The number of fused-ring (bicyclic) bond motifs is 1. The van der Waals surface area contributed by atoms with Crippen molar-refractivity contribution in [2.45, 2.75) is 155 Å². The van der Waals surface area contributed by atoms with Crippen LogP contribution >= 0.6 is 0 Å². The number of nitrogens with zero attached hydrogens (tertiary/aromatic N) is 7. The molecule has 0 unspecified atom stereocenters. The molecule has 0 bridgehead atoms. The van der Waals surface area contributed by atoms with Gasteiger partial charge in [0.2, 0.25) is 0 Å². The van der Waals surface area contributed by atoms with Crippen molar-refractivity contribution in [1.29, 1.82) is 0 Å². The van der Waals surface area contributed by atoms with Gasteiger partial charge in [-0.05, 0) is 50.4 Å². The van der Waals surface area contributed by atoms with E-state index in [-0.39, 0.29) is 0 Å². The lowest BCUT2D eigenvalue weighted by molar-refractivity contribution is 0.224. The molecule has 42 heavy (non-hydrogen) atoms. The van der Waals surface area contributed by atoms with E-state index in [9.17, 15) is 0 Å². The highest BCUT2D eigenvalue weighted by atomic mass is 15.4. The average molecular weight is 580 g/mol. The molecule has 1 aliphatic rings. The number of hydrogen-bond donors (Lipinski definition) is 2. The Labute approximate surface area is 253 Å². The first kappa shape index (κ1) is 32.2. The Bertz CT molecular complexity index is 1040. The number of aromatic amines is 1. The van der Waals surface area contributed by atoms with Crippen molar-refractivity contribution in [1.82, 2.24) is 40.0 Å². The maximum Gasteiger partial charge on any atom is 0.197 e. The molecular formula is C33H57N9. The molecule has 234 valence electrons. The van der Waals surface area contributed by atoms with E-state index >= 15 is 0 Å². The van der Waals surface area contributed by atoms with E-state index in [1.54, 1.807) is 0 Å². The largest absolute Gasteiger partial charge is 0.369 e. The SMILES string of the molecule is CCCCCCCCCCc1cn(C[C@@H]2Cc3nc(N)[nH]c3C[C@H]2Cn2cc(CCCCCCCCCC)nn2)nn1. The van der Waals surface area contributed by atoms with Gasteiger partial charge in [-0.1, -0.05) is 114 Å². The molecule has 0 amide bonds. The predicted molar refractivity (Wildman–Crippen MR) is 170 cm³/mol. The molecule has 3 heterocycles. The van der Waals surface area contributed by atoms with Crippen LogP contribution in [-0.4, -0.2) is 40.0 Å². The molecule has 2 atom stereocenters. The molecule has 0 spiro atoms. The van der Waals surface area contributed by atoms with Crippen LogP contribution in [-0.2, 0) is 38.8 Å². The van der Waals surface area contributed by atoms with Gasteiger partial charge < -0.3 is 10.7 Å². The Morgan fingerprint density at radius 1 is 0.667 bits per heavy atom. The standard InChI is InChI=1S/C33H57N9/c1-3-5-7-9-11-13-15-17-19-29-25-41(39-37-29)23-27-21-31-32(36-33(34)35-31)22-28(27)24-42-26-30(38-40-42)20-18-16-14-12-10-8-6-4-2/h25-28H,3-24H2,1-2H3,(H3,34,35,36)/t27-,28-/m0/s1. The zero-order chi connectivity index (χ0) is 29.4. The normalized spacial score (nSPS) is 16.7. The van der Waals surface area contributed by atoms with Crippen LogP contribution < -0.4 is 5.73 Å². The van der Waals surface area contributed by atoms with Gasteiger partial charge in [-0.25, -0.2) is 4.98 Å². The van der Waals surface area contributed by atoms with Gasteiger partial charge >= 0.3 is 0 Å². The monoisotopic (exact) mass is 579 g/mol. The van der Waals surface area contributed by atoms with E-state index in [2.05, 4.69) is 61.5 Å². The van der Waals surface area contributed by atoms with E-state index in [0.717, 1.165) is 55.9 Å². The molecule has 9 heteroatoms. The van der Waals surface area contributed by atoms with Gasteiger partial charge in [-0.3, -0.25) is 9.36 Å². The van der Waals surface area contributed by atoms with Crippen molar-refractivity contribution in [3.05, 3.63) is 35.2 Å². The van der Waals surface area contributed by atoms with Crippen molar-refractivity contribution in [3.8, 4) is 0 Å². The topological polar surface area (TPSA) is 116 Å². The van der Waals surface area contributed by atoms with Crippen LogP contribution in [0.3, 0.4) is 0 Å². The Kier molecular flexibility index (Phi) is 13.9. The minimum atomic E-state index is 0.387. The van der Waals surface area contributed by atoms with Crippen LogP contribution in [0, 0.1) is 11.8 Å². The Balaban J connectivity index is 1.24. The number of aromatic nitrogens is 8. The molecule has 4 rings (SSSR count). The summed E-state index contributed by atoms with van der Waals surface area (Å²) in [6.45, 7) is 6.23. The summed E-state index contributed by atoms with van der Waals surface area (Å²) in [6.07, 6.45) is 29.4. The molecule has 0 aliphatic heterocycles. The van der Waals surface area contributed by atoms with Crippen molar-refractivity contribution in [2.75, 3.05) is 5.73 Å². The fourth-order valence-corrected chi connectivity index (χ4v) is 6.52. The van der Waals surface area contributed by atoms with Gasteiger partial charge in [0.15, 0.2) is 5.95 Å². The predicted octanol–water partition coefficient (Wildman–Crippen LogP) is 7.27. The fourth-order valence-electron chi connectivity index (χ4n) is 6.52. The van der Waals surface area contributed by atoms with Crippen LogP contribution in [0.5, 0.6) is 0 Å². The van der Waals surface area contributed by atoms with Gasteiger partial charge in [0.1, 0.15) is 0 Å². The maximum atomic E-state index is 6.04. The number of nitrogens with two attached hydrogens (primary N) is 1. The minimum Gasteiger partial charge on any atom is -0.369 e. The zero-order valence-electron chi connectivity index (χ0n) is 26.6. The summed E-state index contributed by atoms with van der Waals surface area (Å²) in [6, 6.07) is 0. The van der Waals surface area contributed by atoms with Gasteiger partial charge in [-0.2, -0.15) is 0 Å². The summed E-state index contributed by atoms with van der Waals surface area (Å²) in [7, 11) is 0. The molecule has 0 saturated heterocycles. The van der Waals surface area contributed by atoms with Gasteiger partial charge in [0, 0.05) is 31.2 Å². The quantitative estimate of drug-likeness (QED) is 0.121. The lowest BCUT2D eigenvalue weighted by atomic mass is 9.79. The maximum absolute atomic E-state index is 6.04. The first-order chi connectivity index (χ1) is 20.6. The number of anilines is 1. The molecule has 3 N–H and O–H groups in total. The highest BCUT2D eigenvalue weighted by Crippen LogP contribution is 2.32.